The molecule has 2 nitrogen and oxygen atoms in total. The first-order chi connectivity index (χ1) is 10.2. The molecule has 0 saturated carbocycles. The fourth-order valence-corrected chi connectivity index (χ4v) is 3.72. The maximum absolute atomic E-state index is 10.7. The van der Waals surface area contributed by atoms with Gasteiger partial charge in [-0.3, -0.25) is 0 Å². The van der Waals surface area contributed by atoms with Crippen LogP contribution in [0.1, 0.15) is 28.0 Å². The van der Waals surface area contributed by atoms with Crippen LogP contribution < -0.4 is 5.73 Å². The fraction of sp³-hybridized carbons (Fsp3) is 0.222. The van der Waals surface area contributed by atoms with Gasteiger partial charge in [0, 0.05) is 22.0 Å². The molecule has 0 aliphatic rings. The topological polar surface area (TPSA) is 46.2 Å². The number of hydrogen-bond donors (Lipinski definition) is 2. The van der Waals surface area contributed by atoms with Crippen molar-refractivity contribution >= 4 is 21.4 Å². The van der Waals surface area contributed by atoms with Gasteiger partial charge in [0.1, 0.15) is 0 Å². The number of nitrogens with two attached hydrogens (primary N) is 1. The van der Waals surface area contributed by atoms with Crippen molar-refractivity contribution in [2.24, 2.45) is 5.73 Å². The van der Waals surface area contributed by atoms with Crippen LogP contribution in [0.5, 0.6) is 0 Å². The Kier molecular flexibility index (Phi) is 4.06. The number of thiophene rings is 1. The van der Waals surface area contributed by atoms with Crippen LogP contribution in [-0.4, -0.2) is 11.7 Å². The fourth-order valence-electron chi connectivity index (χ4n) is 2.61. The SMILES string of the molecule is Cc1ccc(C(CN)C(O)c2cc3ccccc3s2)cc1. The first-order valence-corrected chi connectivity index (χ1v) is 7.94. The van der Waals surface area contributed by atoms with Gasteiger partial charge in [0.2, 0.25) is 0 Å². The molecule has 3 heteroatoms. The van der Waals surface area contributed by atoms with Gasteiger partial charge in [-0.25, -0.2) is 0 Å². The molecule has 108 valence electrons. The van der Waals surface area contributed by atoms with Crippen LogP contribution in [-0.2, 0) is 0 Å². The van der Waals surface area contributed by atoms with E-state index in [1.165, 1.54) is 15.6 Å². The highest BCUT2D eigenvalue weighted by Crippen LogP contribution is 2.36. The summed E-state index contributed by atoms with van der Waals surface area (Å²) in [5.74, 6) is -0.0707. The Morgan fingerprint density at radius 1 is 1.10 bits per heavy atom. The Bertz CT molecular complexity index is 699. The summed E-state index contributed by atoms with van der Waals surface area (Å²) in [5, 5.41) is 11.9. The molecular formula is C18H19NOS. The van der Waals surface area contributed by atoms with Crippen molar-refractivity contribution in [3.05, 3.63) is 70.6 Å². The Balaban J connectivity index is 1.94. The Morgan fingerprint density at radius 2 is 1.81 bits per heavy atom. The number of hydrogen-bond acceptors (Lipinski definition) is 3. The quantitative estimate of drug-likeness (QED) is 0.765. The van der Waals surface area contributed by atoms with Crippen molar-refractivity contribution in [1.82, 2.24) is 0 Å². The summed E-state index contributed by atoms with van der Waals surface area (Å²) >= 11 is 1.64. The van der Waals surface area contributed by atoms with E-state index in [9.17, 15) is 5.11 Å². The molecule has 3 aromatic rings. The van der Waals surface area contributed by atoms with E-state index in [0.717, 1.165) is 10.4 Å². The van der Waals surface area contributed by atoms with E-state index in [1.807, 2.05) is 12.1 Å². The summed E-state index contributed by atoms with van der Waals surface area (Å²) in [6.07, 6.45) is -0.560. The van der Waals surface area contributed by atoms with Crippen LogP contribution in [0.15, 0.2) is 54.6 Å². The third-order valence-electron chi connectivity index (χ3n) is 3.88. The zero-order valence-corrected chi connectivity index (χ0v) is 12.8. The van der Waals surface area contributed by atoms with E-state index in [0.29, 0.717) is 6.54 Å². The summed E-state index contributed by atoms with van der Waals surface area (Å²) in [4.78, 5) is 0.979. The van der Waals surface area contributed by atoms with Crippen molar-refractivity contribution in [2.45, 2.75) is 18.9 Å². The first kappa shape index (κ1) is 14.3. The zero-order chi connectivity index (χ0) is 14.8. The van der Waals surface area contributed by atoms with Gasteiger partial charge in [0.25, 0.3) is 0 Å². The van der Waals surface area contributed by atoms with Crippen LogP contribution in [0.25, 0.3) is 10.1 Å². The lowest BCUT2D eigenvalue weighted by Gasteiger charge is -2.21. The van der Waals surface area contributed by atoms with Crippen LogP contribution in [0.3, 0.4) is 0 Å². The maximum atomic E-state index is 10.7. The minimum Gasteiger partial charge on any atom is -0.387 e. The van der Waals surface area contributed by atoms with Gasteiger partial charge in [-0.2, -0.15) is 0 Å². The molecular weight excluding hydrogens is 278 g/mol. The van der Waals surface area contributed by atoms with Gasteiger partial charge < -0.3 is 10.8 Å². The smallest absolute Gasteiger partial charge is 0.0962 e. The highest BCUT2D eigenvalue weighted by atomic mass is 32.1. The van der Waals surface area contributed by atoms with E-state index in [2.05, 4.69) is 49.4 Å². The predicted molar refractivity (Wildman–Crippen MR) is 89.8 cm³/mol. The second-order valence-electron chi connectivity index (χ2n) is 5.38. The molecule has 2 unspecified atom stereocenters. The van der Waals surface area contributed by atoms with Crippen molar-refractivity contribution in [1.29, 1.82) is 0 Å². The van der Waals surface area contributed by atoms with Crippen LogP contribution >= 0.6 is 11.3 Å². The van der Waals surface area contributed by atoms with Crippen LogP contribution in [0.4, 0.5) is 0 Å². The average Bonchev–Trinajstić information content (AvgIpc) is 2.93. The van der Waals surface area contributed by atoms with Gasteiger partial charge in [0.15, 0.2) is 0 Å². The van der Waals surface area contributed by atoms with Gasteiger partial charge in [-0.1, -0.05) is 48.0 Å². The molecule has 0 aliphatic carbocycles. The van der Waals surface area contributed by atoms with E-state index < -0.39 is 6.10 Å². The lowest BCUT2D eigenvalue weighted by Crippen LogP contribution is -2.19. The van der Waals surface area contributed by atoms with E-state index in [4.69, 9.17) is 5.73 Å². The third kappa shape index (κ3) is 2.86. The van der Waals surface area contributed by atoms with E-state index in [1.54, 1.807) is 11.3 Å². The van der Waals surface area contributed by atoms with E-state index in [-0.39, 0.29) is 5.92 Å². The second-order valence-corrected chi connectivity index (χ2v) is 6.50. The lowest BCUT2D eigenvalue weighted by atomic mass is 9.92. The second kappa shape index (κ2) is 5.98. The van der Waals surface area contributed by atoms with Gasteiger partial charge in [0.05, 0.1) is 6.10 Å². The summed E-state index contributed by atoms with van der Waals surface area (Å²) < 4.78 is 1.20. The number of aryl methyl sites for hydroxylation is 1. The summed E-state index contributed by atoms with van der Waals surface area (Å²) in [7, 11) is 0. The standard InChI is InChI=1S/C18H19NOS/c1-12-6-8-13(9-7-12)15(11-19)18(20)17-10-14-4-2-3-5-16(14)21-17/h2-10,15,18,20H,11,19H2,1H3. The van der Waals surface area contributed by atoms with Gasteiger partial charge >= 0.3 is 0 Å². The summed E-state index contributed by atoms with van der Waals surface area (Å²) in [5.41, 5.74) is 8.22. The van der Waals surface area contributed by atoms with E-state index >= 15 is 0 Å². The highest BCUT2D eigenvalue weighted by Gasteiger charge is 2.23. The molecule has 3 N–H and O–H groups in total. The normalized spacial score (nSPS) is 14.2. The minimum absolute atomic E-state index is 0.0707. The van der Waals surface area contributed by atoms with Crippen molar-refractivity contribution in [2.75, 3.05) is 6.54 Å². The number of aliphatic hydroxyl groups excluding tert-OH is 1. The first-order valence-electron chi connectivity index (χ1n) is 7.12. The van der Waals surface area contributed by atoms with Crippen molar-refractivity contribution < 1.29 is 5.11 Å². The Hall–Kier alpha value is -1.68. The van der Waals surface area contributed by atoms with Crippen LogP contribution in [0, 0.1) is 6.92 Å². The maximum Gasteiger partial charge on any atom is 0.0962 e. The monoisotopic (exact) mass is 297 g/mol. The molecule has 1 heterocycles. The Labute approximate surface area is 128 Å². The molecule has 3 rings (SSSR count). The lowest BCUT2D eigenvalue weighted by molar-refractivity contribution is 0.151. The third-order valence-corrected chi connectivity index (χ3v) is 5.06. The summed E-state index contributed by atoms with van der Waals surface area (Å²) in [6, 6.07) is 18.5. The molecule has 0 aliphatic heterocycles. The average molecular weight is 297 g/mol. The molecule has 21 heavy (non-hydrogen) atoms. The molecule has 2 aromatic carbocycles. The van der Waals surface area contributed by atoms with Crippen LogP contribution in [0.2, 0.25) is 0 Å². The molecule has 1 aromatic heterocycles. The number of aliphatic hydroxyl groups is 1. The number of fused-ring (bicyclic) bond motifs is 1. The predicted octanol–water partition coefficient (Wildman–Crippen LogP) is 3.99. The summed E-state index contributed by atoms with van der Waals surface area (Å²) in [6.45, 7) is 2.49. The minimum atomic E-state index is -0.560. The largest absolute Gasteiger partial charge is 0.387 e. The Morgan fingerprint density at radius 3 is 2.48 bits per heavy atom. The highest BCUT2D eigenvalue weighted by molar-refractivity contribution is 7.19. The molecule has 2 atom stereocenters. The van der Waals surface area contributed by atoms with Gasteiger partial charge in [-0.05, 0) is 30.0 Å². The van der Waals surface area contributed by atoms with Crippen molar-refractivity contribution in [3.63, 3.8) is 0 Å². The van der Waals surface area contributed by atoms with Gasteiger partial charge in [-0.15, -0.1) is 11.3 Å². The zero-order valence-electron chi connectivity index (χ0n) is 12.0. The number of rotatable bonds is 4. The van der Waals surface area contributed by atoms with Crippen molar-refractivity contribution in [3.8, 4) is 0 Å². The molecule has 0 radical (unpaired) electrons. The molecule has 0 spiro atoms. The molecule has 0 bridgehead atoms. The number of benzene rings is 2. The molecule has 0 amide bonds. The molecule has 0 saturated heterocycles. The molecule has 0 fully saturated rings.